The van der Waals surface area contributed by atoms with Crippen molar-refractivity contribution in [2.45, 2.75) is 58.7 Å². The molecule has 1 aliphatic carbocycles. The lowest BCUT2D eigenvalue weighted by Crippen LogP contribution is -2.26. The van der Waals surface area contributed by atoms with Gasteiger partial charge in [0, 0.05) is 23.6 Å². The van der Waals surface area contributed by atoms with E-state index in [0.717, 1.165) is 25.7 Å². The summed E-state index contributed by atoms with van der Waals surface area (Å²) in [5.74, 6) is 0. The van der Waals surface area contributed by atoms with E-state index >= 15 is 0 Å². The smallest absolute Gasteiger partial charge is 0.0247 e. The monoisotopic (exact) mass is 338 g/mol. The second-order valence-electron chi connectivity index (χ2n) is 5.80. The zero-order valence-electron chi connectivity index (χ0n) is 12.8. The lowest BCUT2D eigenvalue weighted by molar-refractivity contribution is 0.255. The fourth-order valence-electron chi connectivity index (χ4n) is 2.57. The van der Waals surface area contributed by atoms with Gasteiger partial charge in [-0.3, -0.25) is 4.90 Å². The third-order valence-corrected chi connectivity index (χ3v) is 4.56. The highest BCUT2D eigenvalue weighted by molar-refractivity contribution is 9.10. The zero-order chi connectivity index (χ0) is 14.4. The Labute approximate surface area is 132 Å². The molecule has 0 spiro atoms. The number of benzene rings is 1. The lowest BCUT2D eigenvalue weighted by atomic mass is 10.1. The molecule has 0 unspecified atom stereocenters. The highest BCUT2D eigenvalue weighted by atomic mass is 79.9. The molecule has 0 radical (unpaired) electrons. The zero-order valence-corrected chi connectivity index (χ0v) is 14.4. The minimum atomic E-state index is 0.841. The van der Waals surface area contributed by atoms with E-state index in [9.17, 15) is 0 Å². The van der Waals surface area contributed by atoms with E-state index in [1.54, 1.807) is 0 Å². The van der Waals surface area contributed by atoms with Crippen LogP contribution in [-0.4, -0.2) is 24.0 Å². The molecule has 2 nitrogen and oxygen atoms in total. The first-order chi connectivity index (χ1) is 9.74. The van der Waals surface area contributed by atoms with Gasteiger partial charge in [-0.1, -0.05) is 41.9 Å². The van der Waals surface area contributed by atoms with Crippen molar-refractivity contribution in [1.82, 2.24) is 10.2 Å². The topological polar surface area (TPSA) is 15.3 Å². The summed E-state index contributed by atoms with van der Waals surface area (Å²) < 4.78 is 1.26. The SMILES string of the molecule is CCCNCc1ccc(CN(CCC)C2CC2)c(Br)c1. The fraction of sp³-hybridized carbons (Fsp3) is 0.647. The van der Waals surface area contributed by atoms with Crippen LogP contribution >= 0.6 is 15.9 Å². The maximum absolute atomic E-state index is 3.75. The number of nitrogens with zero attached hydrogens (tertiary/aromatic N) is 1. The molecule has 1 aromatic rings. The maximum atomic E-state index is 3.75. The molecular weight excluding hydrogens is 312 g/mol. The molecule has 0 heterocycles. The summed E-state index contributed by atoms with van der Waals surface area (Å²) in [6, 6.07) is 7.67. The van der Waals surface area contributed by atoms with Gasteiger partial charge in [0.25, 0.3) is 0 Å². The molecule has 0 atom stereocenters. The van der Waals surface area contributed by atoms with Crippen LogP contribution in [0.25, 0.3) is 0 Å². The van der Waals surface area contributed by atoms with Crippen molar-refractivity contribution in [2.75, 3.05) is 13.1 Å². The summed E-state index contributed by atoms with van der Waals surface area (Å²) in [5.41, 5.74) is 2.78. The molecule has 1 aromatic carbocycles. The minimum Gasteiger partial charge on any atom is -0.313 e. The largest absolute Gasteiger partial charge is 0.313 e. The third-order valence-electron chi connectivity index (χ3n) is 3.82. The van der Waals surface area contributed by atoms with Gasteiger partial charge in [-0.2, -0.15) is 0 Å². The Bertz CT molecular complexity index is 415. The maximum Gasteiger partial charge on any atom is 0.0247 e. The van der Waals surface area contributed by atoms with E-state index in [0.29, 0.717) is 0 Å². The molecule has 0 saturated heterocycles. The first-order valence-corrected chi connectivity index (χ1v) is 8.76. The summed E-state index contributed by atoms with van der Waals surface area (Å²) in [6.45, 7) is 8.83. The molecule has 0 aromatic heterocycles. The Morgan fingerprint density at radius 2 is 2.05 bits per heavy atom. The first kappa shape index (κ1) is 16.0. The summed E-state index contributed by atoms with van der Waals surface area (Å²) in [5, 5.41) is 3.46. The van der Waals surface area contributed by atoms with Gasteiger partial charge in [0.15, 0.2) is 0 Å². The molecular formula is C17H27BrN2. The Balaban J connectivity index is 1.94. The van der Waals surface area contributed by atoms with Crippen molar-refractivity contribution in [3.8, 4) is 0 Å². The second kappa shape index (κ2) is 8.16. The van der Waals surface area contributed by atoms with Gasteiger partial charge in [0.05, 0.1) is 0 Å². The molecule has 1 aliphatic rings. The Morgan fingerprint density at radius 3 is 2.65 bits per heavy atom. The van der Waals surface area contributed by atoms with Crippen LogP contribution in [-0.2, 0) is 13.1 Å². The van der Waals surface area contributed by atoms with Crippen LogP contribution in [0.5, 0.6) is 0 Å². The first-order valence-electron chi connectivity index (χ1n) is 7.96. The Hall–Kier alpha value is -0.380. The summed E-state index contributed by atoms with van der Waals surface area (Å²) in [4.78, 5) is 2.63. The predicted molar refractivity (Wildman–Crippen MR) is 89.9 cm³/mol. The van der Waals surface area contributed by atoms with E-state index in [1.165, 1.54) is 47.8 Å². The molecule has 1 saturated carbocycles. The average Bonchev–Trinajstić information content (AvgIpc) is 3.25. The molecule has 1 N–H and O–H groups in total. The van der Waals surface area contributed by atoms with Gasteiger partial charge in [-0.15, -0.1) is 0 Å². The van der Waals surface area contributed by atoms with Gasteiger partial charge < -0.3 is 5.32 Å². The van der Waals surface area contributed by atoms with E-state index in [2.05, 4.69) is 58.2 Å². The van der Waals surface area contributed by atoms with E-state index in [-0.39, 0.29) is 0 Å². The molecule has 0 aliphatic heterocycles. The van der Waals surface area contributed by atoms with Gasteiger partial charge in [0.1, 0.15) is 0 Å². The fourth-order valence-corrected chi connectivity index (χ4v) is 3.13. The third kappa shape index (κ3) is 4.87. The second-order valence-corrected chi connectivity index (χ2v) is 6.66. The van der Waals surface area contributed by atoms with Crippen molar-refractivity contribution >= 4 is 15.9 Å². The summed E-state index contributed by atoms with van der Waals surface area (Å²) in [6.07, 6.45) is 5.20. The van der Waals surface area contributed by atoms with E-state index < -0.39 is 0 Å². The molecule has 0 amide bonds. The molecule has 112 valence electrons. The highest BCUT2D eigenvalue weighted by Gasteiger charge is 2.28. The van der Waals surface area contributed by atoms with Crippen LogP contribution in [0.1, 0.15) is 50.7 Å². The van der Waals surface area contributed by atoms with Crippen LogP contribution in [0.3, 0.4) is 0 Å². The van der Waals surface area contributed by atoms with Crippen molar-refractivity contribution < 1.29 is 0 Å². The average molecular weight is 339 g/mol. The molecule has 20 heavy (non-hydrogen) atoms. The van der Waals surface area contributed by atoms with E-state index in [4.69, 9.17) is 0 Å². The Morgan fingerprint density at radius 1 is 1.25 bits per heavy atom. The number of hydrogen-bond acceptors (Lipinski definition) is 2. The highest BCUT2D eigenvalue weighted by Crippen LogP contribution is 2.30. The number of halogens is 1. The summed E-state index contributed by atoms with van der Waals surface area (Å²) in [7, 11) is 0. The van der Waals surface area contributed by atoms with Crippen LogP contribution in [0.15, 0.2) is 22.7 Å². The van der Waals surface area contributed by atoms with Crippen molar-refractivity contribution in [3.63, 3.8) is 0 Å². The van der Waals surface area contributed by atoms with Crippen LogP contribution in [0.2, 0.25) is 0 Å². The normalized spacial score (nSPS) is 15.0. The molecule has 0 bridgehead atoms. The van der Waals surface area contributed by atoms with Crippen molar-refractivity contribution in [2.24, 2.45) is 0 Å². The van der Waals surface area contributed by atoms with Crippen molar-refractivity contribution in [3.05, 3.63) is 33.8 Å². The van der Waals surface area contributed by atoms with Crippen LogP contribution < -0.4 is 5.32 Å². The predicted octanol–water partition coefficient (Wildman–Crippen LogP) is 4.32. The van der Waals surface area contributed by atoms with Crippen molar-refractivity contribution in [1.29, 1.82) is 0 Å². The molecule has 1 fully saturated rings. The quantitative estimate of drug-likeness (QED) is 0.674. The standard InChI is InChI=1S/C17H27BrN2/c1-3-9-19-12-14-5-6-15(17(18)11-14)13-20(10-4-2)16-7-8-16/h5-6,11,16,19H,3-4,7-10,12-13H2,1-2H3. The lowest BCUT2D eigenvalue weighted by Gasteiger charge is -2.22. The minimum absolute atomic E-state index is 0.841. The van der Waals surface area contributed by atoms with Crippen LogP contribution in [0.4, 0.5) is 0 Å². The van der Waals surface area contributed by atoms with Gasteiger partial charge in [-0.05, 0) is 56.0 Å². The number of nitrogens with one attached hydrogen (secondary N) is 1. The van der Waals surface area contributed by atoms with Gasteiger partial charge >= 0.3 is 0 Å². The Kier molecular flexibility index (Phi) is 6.53. The number of hydrogen-bond donors (Lipinski definition) is 1. The van der Waals surface area contributed by atoms with E-state index in [1.807, 2.05) is 0 Å². The van der Waals surface area contributed by atoms with Gasteiger partial charge in [-0.25, -0.2) is 0 Å². The molecule has 2 rings (SSSR count). The van der Waals surface area contributed by atoms with Gasteiger partial charge in [0.2, 0.25) is 0 Å². The van der Waals surface area contributed by atoms with Crippen LogP contribution in [0, 0.1) is 0 Å². The summed E-state index contributed by atoms with van der Waals surface area (Å²) >= 11 is 3.75. The number of rotatable bonds is 9. The molecule has 3 heteroatoms.